The molecule has 0 heterocycles. The second kappa shape index (κ2) is 5.56. The van der Waals surface area contributed by atoms with E-state index >= 15 is 0 Å². The van der Waals surface area contributed by atoms with Crippen molar-refractivity contribution < 1.29 is 14.9 Å². The number of aliphatic hydroxyl groups excluding tert-OH is 1. The van der Waals surface area contributed by atoms with Crippen molar-refractivity contribution >= 4 is 0 Å². The zero-order chi connectivity index (χ0) is 13.0. The summed E-state index contributed by atoms with van der Waals surface area (Å²) in [6.45, 7) is 0. The van der Waals surface area contributed by atoms with Gasteiger partial charge in [0.2, 0.25) is 0 Å². The van der Waals surface area contributed by atoms with Crippen LogP contribution in [-0.4, -0.2) is 17.3 Å². The molecule has 0 aliphatic rings. The highest BCUT2D eigenvalue weighted by Crippen LogP contribution is 2.27. The Morgan fingerprint density at radius 2 is 1.72 bits per heavy atom. The number of phenols is 1. The van der Waals surface area contributed by atoms with Crippen LogP contribution in [0, 0.1) is 0 Å². The van der Waals surface area contributed by atoms with E-state index in [-0.39, 0.29) is 5.75 Å². The van der Waals surface area contributed by atoms with Crippen molar-refractivity contribution in [1.29, 1.82) is 0 Å². The highest BCUT2D eigenvalue weighted by molar-refractivity contribution is 5.36. The van der Waals surface area contributed by atoms with Crippen LogP contribution in [0.1, 0.15) is 17.2 Å². The molecule has 0 fully saturated rings. The fourth-order valence-corrected chi connectivity index (χ4v) is 1.91. The molecular weight excluding hydrogens is 228 g/mol. The number of phenolic OH excluding ortho intramolecular Hbond substituents is 1. The number of aromatic hydroxyl groups is 1. The predicted octanol–water partition coefficient (Wildman–Crippen LogP) is 2.68. The molecule has 2 N–H and O–H groups in total. The van der Waals surface area contributed by atoms with Crippen molar-refractivity contribution in [3.8, 4) is 11.5 Å². The maximum Gasteiger partial charge on any atom is 0.124 e. The molecule has 0 aliphatic heterocycles. The Balaban J connectivity index is 2.16. The third-order valence-electron chi connectivity index (χ3n) is 2.86. The van der Waals surface area contributed by atoms with Gasteiger partial charge in [0.05, 0.1) is 13.2 Å². The van der Waals surface area contributed by atoms with Crippen LogP contribution in [-0.2, 0) is 6.42 Å². The molecule has 94 valence electrons. The number of hydrogen-bond acceptors (Lipinski definition) is 3. The number of rotatable bonds is 4. The fraction of sp³-hybridized carbons (Fsp3) is 0.200. The fourth-order valence-electron chi connectivity index (χ4n) is 1.91. The number of benzene rings is 2. The summed E-state index contributed by atoms with van der Waals surface area (Å²) in [6, 6.07) is 14.3. The van der Waals surface area contributed by atoms with Crippen LogP contribution in [0.5, 0.6) is 11.5 Å². The monoisotopic (exact) mass is 244 g/mol. The van der Waals surface area contributed by atoms with Gasteiger partial charge in [-0.3, -0.25) is 0 Å². The normalized spacial score (nSPS) is 12.1. The smallest absolute Gasteiger partial charge is 0.124 e. The minimum Gasteiger partial charge on any atom is -0.508 e. The minimum atomic E-state index is -0.620. The van der Waals surface area contributed by atoms with Crippen molar-refractivity contribution in [3.63, 3.8) is 0 Å². The van der Waals surface area contributed by atoms with Crippen LogP contribution >= 0.6 is 0 Å². The van der Waals surface area contributed by atoms with Gasteiger partial charge in [0, 0.05) is 12.0 Å². The van der Waals surface area contributed by atoms with E-state index in [1.54, 1.807) is 31.4 Å². The Hall–Kier alpha value is -2.00. The zero-order valence-electron chi connectivity index (χ0n) is 10.2. The highest BCUT2D eigenvalue weighted by atomic mass is 16.5. The average molecular weight is 244 g/mol. The van der Waals surface area contributed by atoms with E-state index in [0.717, 1.165) is 11.1 Å². The first-order chi connectivity index (χ1) is 8.70. The number of methoxy groups -OCH3 is 1. The Bertz CT molecular complexity index is 505. The molecule has 2 aromatic rings. The van der Waals surface area contributed by atoms with Gasteiger partial charge in [-0.25, -0.2) is 0 Å². The van der Waals surface area contributed by atoms with E-state index in [2.05, 4.69) is 0 Å². The molecule has 3 nitrogen and oxygen atoms in total. The first-order valence-corrected chi connectivity index (χ1v) is 5.79. The summed E-state index contributed by atoms with van der Waals surface area (Å²) in [4.78, 5) is 0. The minimum absolute atomic E-state index is 0.227. The molecule has 0 saturated carbocycles. The maximum atomic E-state index is 10.2. The van der Waals surface area contributed by atoms with Gasteiger partial charge in [-0.15, -0.1) is 0 Å². The van der Waals surface area contributed by atoms with E-state index in [4.69, 9.17) is 4.74 Å². The number of hydrogen-bond donors (Lipinski definition) is 2. The summed E-state index contributed by atoms with van der Waals surface area (Å²) in [5.74, 6) is 0.911. The molecule has 2 aromatic carbocycles. The van der Waals surface area contributed by atoms with Gasteiger partial charge in [0.25, 0.3) is 0 Å². The van der Waals surface area contributed by atoms with Crippen LogP contribution in [0.2, 0.25) is 0 Å². The SMILES string of the molecule is COc1ccccc1C(O)Cc1ccc(O)cc1. The predicted molar refractivity (Wildman–Crippen MR) is 69.8 cm³/mol. The van der Waals surface area contributed by atoms with Crippen LogP contribution < -0.4 is 4.74 Å². The van der Waals surface area contributed by atoms with Crippen molar-refractivity contribution in [2.75, 3.05) is 7.11 Å². The summed E-state index contributed by atoms with van der Waals surface area (Å²) in [7, 11) is 1.59. The molecule has 1 atom stereocenters. The van der Waals surface area contributed by atoms with Gasteiger partial charge in [0.15, 0.2) is 0 Å². The van der Waals surface area contributed by atoms with Gasteiger partial charge < -0.3 is 14.9 Å². The quantitative estimate of drug-likeness (QED) is 0.869. The second-order valence-corrected chi connectivity index (χ2v) is 4.13. The van der Waals surface area contributed by atoms with Crippen LogP contribution in [0.25, 0.3) is 0 Å². The largest absolute Gasteiger partial charge is 0.508 e. The lowest BCUT2D eigenvalue weighted by Gasteiger charge is -2.14. The number of aliphatic hydroxyl groups is 1. The van der Waals surface area contributed by atoms with Crippen LogP contribution in [0.3, 0.4) is 0 Å². The Kier molecular flexibility index (Phi) is 3.85. The third-order valence-corrected chi connectivity index (χ3v) is 2.86. The van der Waals surface area contributed by atoms with Crippen molar-refractivity contribution in [3.05, 3.63) is 59.7 Å². The van der Waals surface area contributed by atoms with Crippen molar-refractivity contribution in [2.45, 2.75) is 12.5 Å². The number of ether oxygens (including phenoxy) is 1. The molecule has 0 amide bonds. The van der Waals surface area contributed by atoms with Gasteiger partial charge >= 0.3 is 0 Å². The standard InChI is InChI=1S/C15H16O3/c1-18-15-5-3-2-4-13(15)14(17)10-11-6-8-12(16)9-7-11/h2-9,14,16-17H,10H2,1H3. The van der Waals surface area contributed by atoms with E-state index in [0.29, 0.717) is 12.2 Å². The topological polar surface area (TPSA) is 49.7 Å². The summed E-state index contributed by atoms with van der Waals surface area (Å²) in [5, 5.41) is 19.4. The second-order valence-electron chi connectivity index (χ2n) is 4.13. The molecular formula is C15H16O3. The van der Waals surface area contributed by atoms with E-state index in [1.165, 1.54) is 0 Å². The van der Waals surface area contributed by atoms with Gasteiger partial charge in [0.1, 0.15) is 11.5 Å². The van der Waals surface area contributed by atoms with Crippen molar-refractivity contribution in [1.82, 2.24) is 0 Å². The molecule has 1 unspecified atom stereocenters. The summed E-state index contributed by atoms with van der Waals surface area (Å²) >= 11 is 0. The van der Waals surface area contributed by atoms with E-state index in [1.807, 2.05) is 24.3 Å². The lowest BCUT2D eigenvalue weighted by atomic mass is 10.0. The summed E-state index contributed by atoms with van der Waals surface area (Å²) in [5.41, 5.74) is 1.74. The van der Waals surface area contributed by atoms with Crippen LogP contribution in [0.4, 0.5) is 0 Å². The molecule has 0 spiro atoms. The van der Waals surface area contributed by atoms with E-state index < -0.39 is 6.10 Å². The Labute approximate surface area is 106 Å². The molecule has 2 rings (SSSR count). The lowest BCUT2D eigenvalue weighted by Crippen LogP contribution is -2.03. The lowest BCUT2D eigenvalue weighted by molar-refractivity contribution is 0.174. The summed E-state index contributed by atoms with van der Waals surface area (Å²) in [6.07, 6.45) is -0.133. The Morgan fingerprint density at radius 1 is 1.06 bits per heavy atom. The third kappa shape index (κ3) is 2.81. The maximum absolute atomic E-state index is 10.2. The molecule has 0 radical (unpaired) electrons. The summed E-state index contributed by atoms with van der Waals surface area (Å²) < 4.78 is 5.22. The molecule has 0 aromatic heterocycles. The average Bonchev–Trinajstić information content (AvgIpc) is 2.41. The van der Waals surface area contributed by atoms with Crippen LogP contribution in [0.15, 0.2) is 48.5 Å². The van der Waals surface area contributed by atoms with E-state index in [9.17, 15) is 10.2 Å². The molecule has 18 heavy (non-hydrogen) atoms. The van der Waals surface area contributed by atoms with Crippen molar-refractivity contribution in [2.24, 2.45) is 0 Å². The molecule has 0 saturated heterocycles. The van der Waals surface area contributed by atoms with Gasteiger partial charge in [-0.2, -0.15) is 0 Å². The highest BCUT2D eigenvalue weighted by Gasteiger charge is 2.13. The molecule has 0 aliphatic carbocycles. The van der Waals surface area contributed by atoms with Gasteiger partial charge in [-0.05, 0) is 23.8 Å². The van der Waals surface area contributed by atoms with Gasteiger partial charge in [-0.1, -0.05) is 30.3 Å². The first kappa shape index (κ1) is 12.5. The zero-order valence-corrected chi connectivity index (χ0v) is 10.2. The molecule has 3 heteroatoms. The number of para-hydroxylation sites is 1. The first-order valence-electron chi connectivity index (χ1n) is 5.79. The molecule has 0 bridgehead atoms. The Morgan fingerprint density at radius 3 is 2.39 bits per heavy atom.